The molecule has 9 heteroatoms. The zero-order valence-corrected chi connectivity index (χ0v) is 15.5. The van der Waals surface area contributed by atoms with E-state index >= 15 is 0 Å². The predicted molar refractivity (Wildman–Crippen MR) is 95.1 cm³/mol. The lowest BCUT2D eigenvalue weighted by Crippen LogP contribution is -2.40. The number of amides is 1. The number of nitrogens with zero attached hydrogens (tertiary/aromatic N) is 2. The topological polar surface area (TPSA) is 88.2 Å². The van der Waals surface area contributed by atoms with Crippen molar-refractivity contribution in [3.05, 3.63) is 29.8 Å². The number of benzene rings is 1. The lowest BCUT2D eigenvalue weighted by molar-refractivity contribution is 0.0244. The standard InChI is InChI=1S/C17H25N3O5S/c21-17(18-25-14-9-19-7-1-2-8-19)15-3-5-16(6-4-15)26(22,23)20-10-12-24-13-11-20/h3-6H,1-2,7-14H2,(H,18,21). The van der Waals surface area contributed by atoms with Crippen molar-refractivity contribution in [1.82, 2.24) is 14.7 Å². The lowest BCUT2D eigenvalue weighted by atomic mass is 10.2. The summed E-state index contributed by atoms with van der Waals surface area (Å²) < 4.78 is 31.7. The highest BCUT2D eigenvalue weighted by molar-refractivity contribution is 7.89. The van der Waals surface area contributed by atoms with Gasteiger partial charge >= 0.3 is 0 Å². The molecule has 2 heterocycles. The zero-order chi connectivity index (χ0) is 18.4. The van der Waals surface area contributed by atoms with Crippen LogP contribution in [0.25, 0.3) is 0 Å². The van der Waals surface area contributed by atoms with E-state index in [0.29, 0.717) is 38.5 Å². The quantitative estimate of drug-likeness (QED) is 0.544. The normalized spacial score (nSPS) is 19.5. The van der Waals surface area contributed by atoms with Gasteiger partial charge < -0.3 is 9.64 Å². The molecule has 144 valence electrons. The summed E-state index contributed by atoms with van der Waals surface area (Å²) in [6.45, 7) is 4.85. The van der Waals surface area contributed by atoms with Crippen molar-refractivity contribution in [2.75, 3.05) is 52.5 Å². The molecule has 0 unspecified atom stereocenters. The number of sulfonamides is 1. The van der Waals surface area contributed by atoms with Crippen LogP contribution in [-0.4, -0.2) is 76.1 Å². The van der Waals surface area contributed by atoms with Crippen LogP contribution in [0.3, 0.4) is 0 Å². The molecule has 1 N–H and O–H groups in total. The minimum absolute atomic E-state index is 0.172. The molecule has 2 saturated heterocycles. The van der Waals surface area contributed by atoms with Gasteiger partial charge in [0.05, 0.1) is 24.7 Å². The zero-order valence-electron chi connectivity index (χ0n) is 14.7. The van der Waals surface area contributed by atoms with Gasteiger partial charge in [-0.1, -0.05) is 0 Å². The number of carbonyl (C=O) groups excluding carboxylic acids is 1. The summed E-state index contributed by atoms with van der Waals surface area (Å²) in [6, 6.07) is 5.88. The highest BCUT2D eigenvalue weighted by atomic mass is 32.2. The molecule has 2 fully saturated rings. The Morgan fingerprint density at radius 3 is 2.38 bits per heavy atom. The summed E-state index contributed by atoms with van der Waals surface area (Å²) in [5.74, 6) is -0.387. The third-order valence-corrected chi connectivity index (χ3v) is 6.51. The van der Waals surface area contributed by atoms with Gasteiger partial charge in [-0.3, -0.25) is 9.63 Å². The van der Waals surface area contributed by atoms with Crippen LogP contribution in [0.1, 0.15) is 23.2 Å². The first-order valence-corrected chi connectivity index (χ1v) is 10.3. The number of carbonyl (C=O) groups is 1. The van der Waals surface area contributed by atoms with Gasteiger partial charge in [-0.2, -0.15) is 4.31 Å². The van der Waals surface area contributed by atoms with E-state index in [1.807, 2.05) is 0 Å². The fourth-order valence-electron chi connectivity index (χ4n) is 3.07. The van der Waals surface area contributed by atoms with Crippen LogP contribution in [0.5, 0.6) is 0 Å². The van der Waals surface area contributed by atoms with Crippen LogP contribution in [0.15, 0.2) is 29.2 Å². The Kier molecular flexibility index (Phi) is 6.60. The van der Waals surface area contributed by atoms with Crippen molar-refractivity contribution in [1.29, 1.82) is 0 Å². The number of nitrogens with one attached hydrogen (secondary N) is 1. The van der Waals surface area contributed by atoms with Crippen LogP contribution in [0.4, 0.5) is 0 Å². The highest BCUT2D eigenvalue weighted by Gasteiger charge is 2.26. The first kappa shape index (κ1) is 19.2. The molecular weight excluding hydrogens is 358 g/mol. The summed E-state index contributed by atoms with van der Waals surface area (Å²) in [5.41, 5.74) is 2.76. The van der Waals surface area contributed by atoms with Crippen molar-refractivity contribution < 1.29 is 22.8 Å². The molecule has 0 saturated carbocycles. The molecule has 1 aromatic rings. The van der Waals surface area contributed by atoms with Crippen LogP contribution >= 0.6 is 0 Å². The van der Waals surface area contributed by atoms with Crippen molar-refractivity contribution in [2.24, 2.45) is 0 Å². The van der Waals surface area contributed by atoms with Gasteiger partial charge in [-0.25, -0.2) is 13.9 Å². The molecule has 1 amide bonds. The molecule has 2 aliphatic heterocycles. The molecule has 0 atom stereocenters. The summed E-state index contributed by atoms with van der Waals surface area (Å²) in [5, 5.41) is 0. The maximum absolute atomic E-state index is 12.5. The third-order valence-electron chi connectivity index (χ3n) is 4.60. The second-order valence-corrected chi connectivity index (χ2v) is 8.31. The van der Waals surface area contributed by atoms with Crippen LogP contribution in [0.2, 0.25) is 0 Å². The SMILES string of the molecule is O=C(NOCCN1CCCC1)c1ccc(S(=O)(=O)N2CCOCC2)cc1. The summed E-state index contributed by atoms with van der Waals surface area (Å²) in [4.78, 5) is 19.8. The minimum atomic E-state index is -3.55. The van der Waals surface area contributed by atoms with E-state index in [-0.39, 0.29) is 10.8 Å². The number of ether oxygens (including phenoxy) is 1. The average Bonchev–Trinajstić information content (AvgIpc) is 3.19. The Hall–Kier alpha value is -1.52. The van der Waals surface area contributed by atoms with Crippen LogP contribution in [-0.2, 0) is 19.6 Å². The van der Waals surface area contributed by atoms with Crippen LogP contribution < -0.4 is 5.48 Å². The second kappa shape index (κ2) is 8.92. The molecular formula is C17H25N3O5S. The fourth-order valence-corrected chi connectivity index (χ4v) is 4.48. The molecule has 1 aromatic carbocycles. The van der Waals surface area contributed by atoms with Gasteiger partial charge in [-0.15, -0.1) is 0 Å². The molecule has 0 spiro atoms. The van der Waals surface area contributed by atoms with Gasteiger partial charge in [0.2, 0.25) is 10.0 Å². The molecule has 0 radical (unpaired) electrons. The number of hydrogen-bond acceptors (Lipinski definition) is 6. The maximum atomic E-state index is 12.5. The van der Waals surface area contributed by atoms with E-state index in [4.69, 9.17) is 9.57 Å². The average molecular weight is 383 g/mol. The molecule has 0 bridgehead atoms. The third kappa shape index (κ3) is 4.80. The Labute approximate surface area is 154 Å². The first-order valence-electron chi connectivity index (χ1n) is 8.90. The Balaban J connectivity index is 1.50. The van der Waals surface area contributed by atoms with Crippen LogP contribution in [0, 0.1) is 0 Å². The number of likely N-dealkylation sites (tertiary alicyclic amines) is 1. The maximum Gasteiger partial charge on any atom is 0.274 e. The largest absolute Gasteiger partial charge is 0.379 e. The molecule has 2 aliphatic rings. The van der Waals surface area contributed by atoms with Crippen molar-refractivity contribution in [2.45, 2.75) is 17.7 Å². The second-order valence-electron chi connectivity index (χ2n) is 6.37. The van der Waals surface area contributed by atoms with E-state index in [0.717, 1.165) is 19.6 Å². The monoisotopic (exact) mass is 383 g/mol. The first-order chi connectivity index (χ1) is 12.6. The number of rotatable bonds is 7. The van der Waals surface area contributed by atoms with Gasteiger partial charge in [0, 0.05) is 25.2 Å². The Bertz CT molecular complexity index is 696. The van der Waals surface area contributed by atoms with E-state index < -0.39 is 10.0 Å². The number of hydroxylamine groups is 1. The summed E-state index contributed by atoms with van der Waals surface area (Å²) >= 11 is 0. The Morgan fingerprint density at radius 2 is 1.73 bits per heavy atom. The van der Waals surface area contributed by atoms with Crippen molar-refractivity contribution in [3.8, 4) is 0 Å². The van der Waals surface area contributed by atoms with E-state index in [1.54, 1.807) is 0 Å². The minimum Gasteiger partial charge on any atom is -0.379 e. The summed E-state index contributed by atoms with van der Waals surface area (Å²) in [6.07, 6.45) is 2.43. The van der Waals surface area contributed by atoms with E-state index in [1.165, 1.54) is 41.4 Å². The molecule has 3 rings (SSSR count). The smallest absolute Gasteiger partial charge is 0.274 e. The van der Waals surface area contributed by atoms with Gasteiger partial charge in [0.1, 0.15) is 0 Å². The van der Waals surface area contributed by atoms with Gasteiger partial charge in [0.15, 0.2) is 0 Å². The molecule has 0 aliphatic carbocycles. The van der Waals surface area contributed by atoms with Gasteiger partial charge in [0.25, 0.3) is 5.91 Å². The number of morpholine rings is 1. The van der Waals surface area contributed by atoms with E-state index in [9.17, 15) is 13.2 Å². The van der Waals surface area contributed by atoms with E-state index in [2.05, 4.69) is 10.4 Å². The fraction of sp³-hybridized carbons (Fsp3) is 0.588. The lowest BCUT2D eigenvalue weighted by Gasteiger charge is -2.26. The Morgan fingerprint density at radius 1 is 1.08 bits per heavy atom. The van der Waals surface area contributed by atoms with Crippen molar-refractivity contribution in [3.63, 3.8) is 0 Å². The van der Waals surface area contributed by atoms with Gasteiger partial charge in [-0.05, 0) is 50.2 Å². The molecule has 26 heavy (non-hydrogen) atoms. The highest BCUT2D eigenvalue weighted by Crippen LogP contribution is 2.17. The molecule has 0 aromatic heterocycles. The van der Waals surface area contributed by atoms with Crippen molar-refractivity contribution >= 4 is 15.9 Å². The number of hydrogen-bond donors (Lipinski definition) is 1. The molecule has 8 nitrogen and oxygen atoms in total. The summed E-state index contributed by atoms with van der Waals surface area (Å²) in [7, 11) is -3.55. The predicted octanol–water partition coefficient (Wildman–Crippen LogP) is 0.465.